The first-order valence-corrected chi connectivity index (χ1v) is 6.69. The van der Waals surface area contributed by atoms with Crippen LogP contribution in [-0.4, -0.2) is 42.1 Å². The van der Waals surface area contributed by atoms with Gasteiger partial charge in [-0.1, -0.05) is 13.8 Å². The van der Waals surface area contributed by atoms with E-state index >= 15 is 0 Å². The van der Waals surface area contributed by atoms with E-state index in [4.69, 9.17) is 10.5 Å². The molecule has 98 valence electrons. The van der Waals surface area contributed by atoms with Crippen molar-refractivity contribution in [2.24, 2.45) is 11.7 Å². The second-order valence-electron chi connectivity index (χ2n) is 5.83. The molecule has 1 unspecified atom stereocenters. The van der Waals surface area contributed by atoms with Crippen LogP contribution in [0, 0.1) is 5.92 Å². The molecule has 1 atom stereocenters. The Morgan fingerprint density at radius 2 is 2.18 bits per heavy atom. The Labute approximate surface area is 103 Å². The van der Waals surface area contributed by atoms with Crippen molar-refractivity contribution in [1.29, 1.82) is 0 Å². The number of likely N-dealkylation sites (tertiary alicyclic amines) is 1. The highest BCUT2D eigenvalue weighted by Crippen LogP contribution is 2.27. The molecule has 4 heteroatoms. The fourth-order valence-electron chi connectivity index (χ4n) is 2.50. The van der Waals surface area contributed by atoms with Gasteiger partial charge in [0.1, 0.15) is 0 Å². The minimum absolute atomic E-state index is 0.142. The van der Waals surface area contributed by atoms with E-state index in [1.807, 2.05) is 4.90 Å². The zero-order chi connectivity index (χ0) is 12.5. The predicted molar refractivity (Wildman–Crippen MR) is 66.5 cm³/mol. The average Bonchev–Trinajstić information content (AvgIpc) is 2.25. The molecule has 2 aliphatic rings. The number of carbonyl (C=O) groups is 1. The van der Waals surface area contributed by atoms with Gasteiger partial charge in [0, 0.05) is 19.7 Å². The zero-order valence-electron chi connectivity index (χ0n) is 10.9. The lowest BCUT2D eigenvalue weighted by Gasteiger charge is -2.50. The number of carbonyl (C=O) groups excluding carboxylic acids is 1. The normalized spacial score (nSPS) is 28.0. The van der Waals surface area contributed by atoms with E-state index in [0.29, 0.717) is 25.4 Å². The zero-order valence-corrected chi connectivity index (χ0v) is 10.9. The molecule has 0 radical (unpaired) electrons. The number of ether oxygens (including phenoxy) is 1. The Kier molecular flexibility index (Phi) is 3.73. The summed E-state index contributed by atoms with van der Waals surface area (Å²) < 4.78 is 5.59. The molecular weight excluding hydrogens is 216 g/mol. The Bertz CT molecular complexity index is 279. The van der Waals surface area contributed by atoms with Crippen LogP contribution in [0.25, 0.3) is 0 Å². The monoisotopic (exact) mass is 240 g/mol. The maximum Gasteiger partial charge on any atom is 0.225 e. The molecule has 0 aromatic heterocycles. The summed E-state index contributed by atoms with van der Waals surface area (Å²) in [6, 6.07) is 0. The van der Waals surface area contributed by atoms with Gasteiger partial charge in [-0.05, 0) is 25.2 Å². The summed E-state index contributed by atoms with van der Waals surface area (Å²) >= 11 is 0. The van der Waals surface area contributed by atoms with Crippen molar-refractivity contribution in [1.82, 2.24) is 4.90 Å². The molecule has 2 N–H and O–H groups in total. The third kappa shape index (κ3) is 2.80. The third-order valence-electron chi connectivity index (χ3n) is 4.15. The van der Waals surface area contributed by atoms with Crippen LogP contribution < -0.4 is 5.73 Å². The van der Waals surface area contributed by atoms with E-state index in [1.54, 1.807) is 0 Å². The maximum absolute atomic E-state index is 12.0. The van der Waals surface area contributed by atoms with Gasteiger partial charge in [0.2, 0.25) is 5.91 Å². The van der Waals surface area contributed by atoms with Crippen molar-refractivity contribution in [3.63, 3.8) is 0 Å². The molecule has 0 saturated carbocycles. The SMILES string of the molecule is CC(C)C1(N)CN(C(=O)CC2CCCCO2)C1. The third-order valence-corrected chi connectivity index (χ3v) is 4.15. The van der Waals surface area contributed by atoms with Crippen LogP contribution in [0.1, 0.15) is 39.5 Å². The lowest BCUT2D eigenvalue weighted by molar-refractivity contribution is -0.143. The second kappa shape index (κ2) is 4.94. The summed E-state index contributed by atoms with van der Waals surface area (Å²) in [5.74, 6) is 0.635. The number of nitrogens with zero attached hydrogens (tertiary/aromatic N) is 1. The van der Waals surface area contributed by atoms with Gasteiger partial charge >= 0.3 is 0 Å². The molecule has 0 spiro atoms. The van der Waals surface area contributed by atoms with Crippen molar-refractivity contribution >= 4 is 5.91 Å². The Morgan fingerprint density at radius 3 is 2.71 bits per heavy atom. The molecule has 4 nitrogen and oxygen atoms in total. The van der Waals surface area contributed by atoms with Gasteiger partial charge in [0.15, 0.2) is 0 Å². The fraction of sp³-hybridized carbons (Fsp3) is 0.923. The highest BCUT2D eigenvalue weighted by molar-refractivity contribution is 5.78. The summed E-state index contributed by atoms with van der Waals surface area (Å²) in [7, 11) is 0. The topological polar surface area (TPSA) is 55.6 Å². The maximum atomic E-state index is 12.0. The quantitative estimate of drug-likeness (QED) is 0.805. The molecule has 0 aliphatic carbocycles. The molecule has 2 rings (SSSR count). The largest absolute Gasteiger partial charge is 0.378 e. The molecule has 0 aromatic carbocycles. The Morgan fingerprint density at radius 1 is 1.47 bits per heavy atom. The Balaban J connectivity index is 1.75. The highest BCUT2D eigenvalue weighted by atomic mass is 16.5. The van der Waals surface area contributed by atoms with Crippen molar-refractivity contribution in [3.8, 4) is 0 Å². The number of amides is 1. The summed E-state index contributed by atoms with van der Waals surface area (Å²) in [6.45, 7) is 6.45. The molecule has 2 heterocycles. The smallest absolute Gasteiger partial charge is 0.225 e. The summed E-state index contributed by atoms with van der Waals surface area (Å²) in [4.78, 5) is 13.9. The standard InChI is InChI=1S/C13H24N2O2/c1-10(2)13(14)8-15(9-13)12(16)7-11-5-3-4-6-17-11/h10-11H,3-9,14H2,1-2H3. The first-order valence-electron chi connectivity index (χ1n) is 6.69. The van der Waals surface area contributed by atoms with Crippen LogP contribution in [0.3, 0.4) is 0 Å². The van der Waals surface area contributed by atoms with Gasteiger partial charge in [-0.2, -0.15) is 0 Å². The van der Waals surface area contributed by atoms with E-state index < -0.39 is 0 Å². The lowest BCUT2D eigenvalue weighted by Crippen LogP contribution is -2.71. The molecule has 1 amide bonds. The molecule has 0 bridgehead atoms. The van der Waals surface area contributed by atoms with Gasteiger partial charge in [0.25, 0.3) is 0 Å². The number of rotatable bonds is 3. The molecule has 2 saturated heterocycles. The minimum atomic E-state index is -0.164. The predicted octanol–water partition coefficient (Wildman–Crippen LogP) is 1.14. The summed E-state index contributed by atoms with van der Waals surface area (Å²) in [5.41, 5.74) is 6.02. The van der Waals surface area contributed by atoms with Gasteiger partial charge in [-0.3, -0.25) is 4.79 Å². The van der Waals surface area contributed by atoms with E-state index in [-0.39, 0.29) is 17.6 Å². The molecular formula is C13H24N2O2. The van der Waals surface area contributed by atoms with Crippen molar-refractivity contribution in [3.05, 3.63) is 0 Å². The minimum Gasteiger partial charge on any atom is -0.378 e. The van der Waals surface area contributed by atoms with Crippen LogP contribution in [0.5, 0.6) is 0 Å². The van der Waals surface area contributed by atoms with E-state index in [2.05, 4.69) is 13.8 Å². The van der Waals surface area contributed by atoms with E-state index in [9.17, 15) is 4.79 Å². The van der Waals surface area contributed by atoms with Crippen molar-refractivity contribution in [2.75, 3.05) is 19.7 Å². The van der Waals surface area contributed by atoms with Crippen LogP contribution in [-0.2, 0) is 9.53 Å². The number of hydrogen-bond donors (Lipinski definition) is 1. The number of nitrogens with two attached hydrogens (primary N) is 1. The van der Waals surface area contributed by atoms with Crippen LogP contribution in [0.15, 0.2) is 0 Å². The first kappa shape index (κ1) is 12.8. The van der Waals surface area contributed by atoms with Crippen molar-refractivity contribution < 1.29 is 9.53 Å². The average molecular weight is 240 g/mol. The van der Waals surface area contributed by atoms with Crippen molar-refractivity contribution in [2.45, 2.75) is 51.2 Å². The van der Waals surface area contributed by atoms with E-state index in [1.165, 1.54) is 6.42 Å². The van der Waals surface area contributed by atoms with E-state index in [0.717, 1.165) is 19.4 Å². The van der Waals surface area contributed by atoms with Gasteiger partial charge in [-0.15, -0.1) is 0 Å². The summed E-state index contributed by atoms with van der Waals surface area (Å²) in [6.07, 6.45) is 4.02. The number of hydrogen-bond acceptors (Lipinski definition) is 3. The molecule has 17 heavy (non-hydrogen) atoms. The molecule has 2 fully saturated rings. The lowest BCUT2D eigenvalue weighted by atomic mass is 9.80. The second-order valence-corrected chi connectivity index (χ2v) is 5.83. The Hall–Kier alpha value is -0.610. The van der Waals surface area contributed by atoms with Crippen LogP contribution in [0.2, 0.25) is 0 Å². The van der Waals surface area contributed by atoms with Crippen LogP contribution in [0.4, 0.5) is 0 Å². The van der Waals surface area contributed by atoms with Gasteiger partial charge < -0.3 is 15.4 Å². The van der Waals surface area contributed by atoms with Gasteiger partial charge in [-0.25, -0.2) is 0 Å². The molecule has 0 aromatic rings. The summed E-state index contributed by atoms with van der Waals surface area (Å²) in [5, 5.41) is 0. The fourth-order valence-corrected chi connectivity index (χ4v) is 2.50. The highest BCUT2D eigenvalue weighted by Gasteiger charge is 2.44. The van der Waals surface area contributed by atoms with Crippen LogP contribution >= 0.6 is 0 Å². The first-order chi connectivity index (χ1) is 8.01. The molecule has 2 aliphatic heterocycles. The van der Waals surface area contributed by atoms with Gasteiger partial charge in [0.05, 0.1) is 18.1 Å².